The van der Waals surface area contributed by atoms with Crippen LogP contribution >= 0.6 is 0 Å². The van der Waals surface area contributed by atoms with Gasteiger partial charge in [0.25, 0.3) is 0 Å². The summed E-state index contributed by atoms with van der Waals surface area (Å²) in [6.45, 7) is 2.09. The third-order valence-corrected chi connectivity index (χ3v) is 3.69. The molecule has 2 amide bonds. The fraction of sp³-hybridized carbons (Fsp3) is 0.263. The number of halogens is 1. The number of rotatable bonds is 7. The molecule has 5 nitrogen and oxygen atoms in total. The summed E-state index contributed by atoms with van der Waals surface area (Å²) in [6.07, 6.45) is 0.162. The monoisotopic (exact) mass is 344 g/mol. The molecule has 0 radical (unpaired) electrons. The maximum atomic E-state index is 12.9. The first kappa shape index (κ1) is 18.4. The molecule has 0 unspecified atom stereocenters. The van der Waals surface area contributed by atoms with Crippen LogP contribution in [0.25, 0.3) is 0 Å². The van der Waals surface area contributed by atoms with Gasteiger partial charge in [0.05, 0.1) is 19.2 Å². The van der Waals surface area contributed by atoms with Gasteiger partial charge < -0.3 is 15.0 Å². The summed E-state index contributed by atoms with van der Waals surface area (Å²) in [7, 11) is 1.54. The number of para-hydroxylation sites is 2. The van der Waals surface area contributed by atoms with Crippen LogP contribution in [0.15, 0.2) is 48.5 Å². The Morgan fingerprint density at radius 1 is 1.12 bits per heavy atom. The standard InChI is InChI=1S/C19H21FN2O3/c1-14(23)22(17-5-3-4-6-18(17)25-2)12-11-21-19(24)13-15-7-9-16(20)10-8-15/h3-10H,11-13H2,1-2H3,(H,21,24). The molecular formula is C19H21FN2O3. The fourth-order valence-electron chi connectivity index (χ4n) is 2.46. The van der Waals surface area contributed by atoms with Crippen molar-refractivity contribution in [3.8, 4) is 5.75 Å². The van der Waals surface area contributed by atoms with Crippen molar-refractivity contribution in [3.63, 3.8) is 0 Å². The molecule has 0 aliphatic heterocycles. The number of amides is 2. The van der Waals surface area contributed by atoms with E-state index in [9.17, 15) is 14.0 Å². The van der Waals surface area contributed by atoms with E-state index in [0.717, 1.165) is 5.56 Å². The van der Waals surface area contributed by atoms with Crippen LogP contribution in [0.1, 0.15) is 12.5 Å². The molecule has 2 aromatic carbocycles. The smallest absolute Gasteiger partial charge is 0.224 e. The molecule has 0 heterocycles. The normalized spacial score (nSPS) is 10.2. The average molecular weight is 344 g/mol. The molecule has 0 aliphatic rings. The largest absolute Gasteiger partial charge is 0.495 e. The molecule has 0 fully saturated rings. The average Bonchev–Trinajstić information content (AvgIpc) is 2.60. The molecule has 2 rings (SSSR count). The Labute approximate surface area is 146 Å². The van der Waals surface area contributed by atoms with E-state index in [4.69, 9.17) is 4.74 Å². The van der Waals surface area contributed by atoms with Crippen LogP contribution in [0.3, 0.4) is 0 Å². The maximum absolute atomic E-state index is 12.9. The van der Waals surface area contributed by atoms with Crippen LogP contribution < -0.4 is 15.0 Å². The van der Waals surface area contributed by atoms with Crippen molar-refractivity contribution in [1.29, 1.82) is 0 Å². The predicted octanol–water partition coefficient (Wildman–Crippen LogP) is 2.55. The first-order valence-corrected chi connectivity index (χ1v) is 7.93. The highest BCUT2D eigenvalue weighted by Gasteiger charge is 2.15. The molecular weight excluding hydrogens is 323 g/mol. The van der Waals surface area contributed by atoms with Crippen molar-refractivity contribution in [2.75, 3.05) is 25.1 Å². The van der Waals surface area contributed by atoms with E-state index in [1.165, 1.54) is 19.1 Å². The zero-order valence-corrected chi connectivity index (χ0v) is 14.3. The predicted molar refractivity (Wildman–Crippen MR) is 94.1 cm³/mol. The van der Waals surface area contributed by atoms with Gasteiger partial charge in [-0.05, 0) is 29.8 Å². The number of nitrogens with one attached hydrogen (secondary N) is 1. The molecule has 1 N–H and O–H groups in total. The van der Waals surface area contributed by atoms with Crippen molar-refractivity contribution >= 4 is 17.5 Å². The second-order valence-corrected chi connectivity index (χ2v) is 5.50. The van der Waals surface area contributed by atoms with Gasteiger partial charge in [0.2, 0.25) is 11.8 Å². The minimum Gasteiger partial charge on any atom is -0.495 e. The number of hydrogen-bond acceptors (Lipinski definition) is 3. The summed E-state index contributed by atoms with van der Waals surface area (Å²) in [5, 5.41) is 2.77. The molecule has 0 bridgehead atoms. The molecule has 0 atom stereocenters. The number of hydrogen-bond donors (Lipinski definition) is 1. The van der Waals surface area contributed by atoms with Crippen molar-refractivity contribution in [1.82, 2.24) is 5.32 Å². The highest BCUT2D eigenvalue weighted by Crippen LogP contribution is 2.27. The topological polar surface area (TPSA) is 58.6 Å². The summed E-state index contributed by atoms with van der Waals surface area (Å²) in [6, 6.07) is 13.0. The van der Waals surface area contributed by atoms with Gasteiger partial charge in [0.1, 0.15) is 11.6 Å². The summed E-state index contributed by atoms with van der Waals surface area (Å²) >= 11 is 0. The third-order valence-electron chi connectivity index (χ3n) is 3.69. The van der Waals surface area contributed by atoms with Crippen molar-refractivity contribution in [3.05, 3.63) is 59.9 Å². The van der Waals surface area contributed by atoms with Crippen LogP contribution in [0.4, 0.5) is 10.1 Å². The Balaban J connectivity index is 1.92. The van der Waals surface area contributed by atoms with Gasteiger partial charge in [-0.15, -0.1) is 0 Å². The Kier molecular flexibility index (Phi) is 6.51. The molecule has 0 saturated carbocycles. The van der Waals surface area contributed by atoms with Gasteiger partial charge in [-0.25, -0.2) is 4.39 Å². The van der Waals surface area contributed by atoms with E-state index < -0.39 is 0 Å². The summed E-state index contributed by atoms with van der Waals surface area (Å²) < 4.78 is 18.1. The van der Waals surface area contributed by atoms with Gasteiger partial charge in [-0.3, -0.25) is 9.59 Å². The number of benzene rings is 2. The highest BCUT2D eigenvalue weighted by atomic mass is 19.1. The fourth-order valence-corrected chi connectivity index (χ4v) is 2.46. The van der Waals surface area contributed by atoms with E-state index in [2.05, 4.69) is 5.32 Å². The van der Waals surface area contributed by atoms with Crippen LogP contribution in [0.5, 0.6) is 5.75 Å². The highest BCUT2D eigenvalue weighted by molar-refractivity contribution is 5.93. The van der Waals surface area contributed by atoms with Gasteiger partial charge in [0.15, 0.2) is 0 Å². The lowest BCUT2D eigenvalue weighted by atomic mass is 10.1. The van der Waals surface area contributed by atoms with E-state index >= 15 is 0 Å². The van der Waals surface area contributed by atoms with Crippen LogP contribution in [-0.2, 0) is 16.0 Å². The van der Waals surface area contributed by atoms with E-state index in [-0.39, 0.29) is 24.1 Å². The number of carbonyl (C=O) groups excluding carboxylic acids is 2. The molecule has 25 heavy (non-hydrogen) atoms. The molecule has 0 aliphatic carbocycles. The minimum atomic E-state index is -0.335. The zero-order valence-electron chi connectivity index (χ0n) is 14.3. The quantitative estimate of drug-likeness (QED) is 0.840. The number of nitrogens with zero attached hydrogens (tertiary/aromatic N) is 1. The Morgan fingerprint density at radius 3 is 2.44 bits per heavy atom. The molecule has 6 heteroatoms. The second-order valence-electron chi connectivity index (χ2n) is 5.50. The SMILES string of the molecule is COc1ccccc1N(CCNC(=O)Cc1ccc(F)cc1)C(C)=O. The number of methoxy groups -OCH3 is 1. The van der Waals surface area contributed by atoms with E-state index in [1.807, 2.05) is 12.1 Å². The van der Waals surface area contributed by atoms with Crippen LogP contribution in [0.2, 0.25) is 0 Å². The van der Waals surface area contributed by atoms with Crippen LogP contribution in [0, 0.1) is 5.82 Å². The Morgan fingerprint density at radius 2 is 1.80 bits per heavy atom. The first-order valence-electron chi connectivity index (χ1n) is 7.93. The van der Waals surface area contributed by atoms with Crippen LogP contribution in [-0.4, -0.2) is 32.0 Å². The second kappa shape index (κ2) is 8.82. The van der Waals surface area contributed by atoms with E-state index in [1.54, 1.807) is 36.3 Å². The molecule has 2 aromatic rings. The van der Waals surface area contributed by atoms with Gasteiger partial charge in [0, 0.05) is 20.0 Å². The summed E-state index contributed by atoms with van der Waals surface area (Å²) in [5.74, 6) is -0.0687. The molecule has 132 valence electrons. The maximum Gasteiger partial charge on any atom is 0.224 e. The number of ether oxygens (including phenoxy) is 1. The molecule has 0 spiro atoms. The lowest BCUT2D eigenvalue weighted by Gasteiger charge is -2.23. The molecule has 0 saturated heterocycles. The van der Waals surface area contributed by atoms with Gasteiger partial charge in [-0.1, -0.05) is 24.3 Å². The van der Waals surface area contributed by atoms with Crippen molar-refractivity contribution in [2.24, 2.45) is 0 Å². The number of carbonyl (C=O) groups is 2. The summed E-state index contributed by atoms with van der Waals surface area (Å²) in [4.78, 5) is 25.5. The minimum absolute atomic E-state index is 0.141. The Bertz CT molecular complexity index is 732. The number of anilines is 1. The van der Waals surface area contributed by atoms with Crippen molar-refractivity contribution < 1.29 is 18.7 Å². The zero-order chi connectivity index (χ0) is 18.2. The lowest BCUT2D eigenvalue weighted by molar-refractivity contribution is -0.121. The summed E-state index contributed by atoms with van der Waals surface area (Å²) in [5.41, 5.74) is 1.39. The van der Waals surface area contributed by atoms with Crippen molar-refractivity contribution in [2.45, 2.75) is 13.3 Å². The van der Waals surface area contributed by atoms with Gasteiger partial charge in [-0.2, -0.15) is 0 Å². The lowest BCUT2D eigenvalue weighted by Crippen LogP contribution is -2.38. The third kappa shape index (κ3) is 5.31. The Hall–Kier alpha value is -2.89. The van der Waals surface area contributed by atoms with Gasteiger partial charge >= 0.3 is 0 Å². The van der Waals surface area contributed by atoms with E-state index in [0.29, 0.717) is 24.5 Å². The first-order chi connectivity index (χ1) is 12.0. The molecule has 0 aromatic heterocycles.